The van der Waals surface area contributed by atoms with Gasteiger partial charge in [0.2, 0.25) is 15.9 Å². The predicted molar refractivity (Wildman–Crippen MR) is 128 cm³/mol. The number of fused-ring (bicyclic) bond motifs is 1. The number of anilines is 1. The Labute approximate surface area is 194 Å². The average molecular weight is 469 g/mol. The lowest BCUT2D eigenvalue weighted by atomic mass is 9.96. The van der Waals surface area contributed by atoms with Gasteiger partial charge >= 0.3 is 0 Å². The zero-order chi connectivity index (χ0) is 23.6. The van der Waals surface area contributed by atoms with E-state index in [1.807, 2.05) is 50.2 Å². The first-order valence-electron chi connectivity index (χ1n) is 10.9. The number of amides is 1. The van der Waals surface area contributed by atoms with Crippen LogP contribution in [-0.2, 0) is 19.6 Å². The van der Waals surface area contributed by atoms with E-state index in [9.17, 15) is 13.2 Å². The van der Waals surface area contributed by atoms with Crippen LogP contribution in [0.3, 0.4) is 0 Å². The Bertz CT molecular complexity index is 1280. The van der Waals surface area contributed by atoms with Gasteiger partial charge in [0, 0.05) is 18.8 Å². The third kappa shape index (κ3) is 4.88. The summed E-state index contributed by atoms with van der Waals surface area (Å²) >= 11 is 0. The highest BCUT2D eigenvalue weighted by atomic mass is 32.2. The Morgan fingerprint density at radius 2 is 1.73 bits per heavy atom. The number of carbonyl (C=O) groups excluding carboxylic acids is 1. The molecule has 8 heteroatoms. The number of hydrogen-bond donors (Lipinski definition) is 1. The molecule has 1 N–H and O–H groups in total. The lowest BCUT2D eigenvalue weighted by Crippen LogP contribution is -2.40. The van der Waals surface area contributed by atoms with E-state index < -0.39 is 15.9 Å². The number of sulfonamides is 1. The summed E-state index contributed by atoms with van der Waals surface area (Å²) in [6, 6.07) is 16.5. The van der Waals surface area contributed by atoms with Crippen LogP contribution in [-0.4, -0.2) is 52.0 Å². The van der Waals surface area contributed by atoms with Crippen LogP contribution in [0.2, 0.25) is 0 Å². The lowest BCUT2D eigenvalue weighted by molar-refractivity contribution is -0.117. The highest BCUT2D eigenvalue weighted by Crippen LogP contribution is 2.28. The second-order valence-electron chi connectivity index (χ2n) is 8.18. The molecule has 1 atom stereocenters. The number of carbonyl (C=O) groups is 1. The number of rotatable bonds is 6. The molecule has 4 rings (SSSR count). The van der Waals surface area contributed by atoms with Crippen LogP contribution >= 0.6 is 0 Å². The highest BCUT2D eigenvalue weighted by Gasteiger charge is 2.27. The van der Waals surface area contributed by atoms with Crippen molar-refractivity contribution in [3.05, 3.63) is 65.7 Å². The summed E-state index contributed by atoms with van der Waals surface area (Å²) in [5.74, 6) is 0.158. The molecule has 1 amide bonds. The third-order valence-corrected chi connectivity index (χ3v) is 7.93. The van der Waals surface area contributed by atoms with Crippen LogP contribution in [0.1, 0.15) is 24.0 Å². The summed E-state index contributed by atoms with van der Waals surface area (Å²) in [5, 5.41) is 4.97. The molecular weight excluding hydrogens is 440 g/mol. The highest BCUT2D eigenvalue weighted by molar-refractivity contribution is 7.89. The van der Waals surface area contributed by atoms with Gasteiger partial charge in [-0.25, -0.2) is 8.42 Å². The first kappa shape index (κ1) is 23.2. The number of benzene rings is 3. The molecule has 0 saturated carbocycles. The molecule has 1 heterocycles. The van der Waals surface area contributed by atoms with Gasteiger partial charge in [0.25, 0.3) is 0 Å². The van der Waals surface area contributed by atoms with Crippen molar-refractivity contribution in [3.63, 3.8) is 0 Å². The van der Waals surface area contributed by atoms with Crippen LogP contribution in [0.5, 0.6) is 5.75 Å². The zero-order valence-corrected chi connectivity index (χ0v) is 19.8. The van der Waals surface area contributed by atoms with Gasteiger partial charge in [0.15, 0.2) is 0 Å². The Hall–Kier alpha value is -2.94. The van der Waals surface area contributed by atoms with E-state index in [-0.39, 0.29) is 10.8 Å². The van der Waals surface area contributed by atoms with E-state index in [1.165, 1.54) is 10.4 Å². The summed E-state index contributed by atoms with van der Waals surface area (Å²) in [6.45, 7) is 5.08. The minimum absolute atomic E-state index is 0.164. The molecule has 1 fully saturated rings. The maximum absolute atomic E-state index is 13.1. The quantitative estimate of drug-likeness (QED) is 0.593. The van der Waals surface area contributed by atoms with Crippen LogP contribution in [0, 0.1) is 6.92 Å². The summed E-state index contributed by atoms with van der Waals surface area (Å²) in [7, 11) is -2.02. The second kappa shape index (κ2) is 9.51. The minimum Gasteiger partial charge on any atom is -0.497 e. The Balaban J connectivity index is 1.55. The first-order valence-corrected chi connectivity index (χ1v) is 12.3. The van der Waals surface area contributed by atoms with E-state index in [4.69, 9.17) is 9.47 Å². The molecule has 3 aromatic rings. The minimum atomic E-state index is -3.65. The number of nitrogens with one attached hydrogen (secondary N) is 1. The van der Waals surface area contributed by atoms with Crippen molar-refractivity contribution >= 4 is 32.4 Å². The SMILES string of the molecule is COc1ccc2cc([C@H](C)C(=O)Nc3cc(S(=O)(=O)N4CCOCC4)ccc3C)ccc2c1. The van der Waals surface area contributed by atoms with Crippen molar-refractivity contribution in [2.45, 2.75) is 24.7 Å². The largest absolute Gasteiger partial charge is 0.497 e. The normalized spacial score (nSPS) is 15.8. The maximum atomic E-state index is 13.1. The van der Waals surface area contributed by atoms with E-state index in [0.717, 1.165) is 27.6 Å². The average Bonchev–Trinajstić information content (AvgIpc) is 2.84. The monoisotopic (exact) mass is 468 g/mol. The summed E-state index contributed by atoms with van der Waals surface area (Å²) in [6.07, 6.45) is 0. The van der Waals surface area contributed by atoms with Crippen molar-refractivity contribution in [3.8, 4) is 5.75 Å². The number of hydrogen-bond acceptors (Lipinski definition) is 5. The van der Waals surface area contributed by atoms with Crippen LogP contribution in [0.25, 0.3) is 10.8 Å². The fraction of sp³-hybridized carbons (Fsp3) is 0.320. The second-order valence-corrected chi connectivity index (χ2v) is 10.1. The summed E-state index contributed by atoms with van der Waals surface area (Å²) < 4.78 is 38.0. The van der Waals surface area contributed by atoms with Crippen molar-refractivity contribution in [2.75, 3.05) is 38.7 Å². The standard InChI is InChI=1S/C25H28N2O5S/c1-17-4-9-23(33(29,30)27-10-12-32-13-11-27)16-24(17)26-25(28)18(2)19-5-6-21-15-22(31-3)8-7-20(21)14-19/h4-9,14-16,18H,10-13H2,1-3H3,(H,26,28)/t18-/m0/s1. The molecule has 0 unspecified atom stereocenters. The van der Waals surface area contributed by atoms with Crippen molar-refractivity contribution < 1.29 is 22.7 Å². The Kier molecular flexibility index (Phi) is 6.69. The molecule has 7 nitrogen and oxygen atoms in total. The molecule has 3 aromatic carbocycles. The molecule has 0 spiro atoms. The van der Waals surface area contributed by atoms with Gasteiger partial charge in [-0.3, -0.25) is 4.79 Å². The zero-order valence-electron chi connectivity index (χ0n) is 19.0. The molecule has 33 heavy (non-hydrogen) atoms. The molecule has 1 saturated heterocycles. The molecule has 1 aliphatic heterocycles. The molecule has 0 aromatic heterocycles. The molecular formula is C25H28N2O5S. The van der Waals surface area contributed by atoms with Crippen LogP contribution in [0.4, 0.5) is 5.69 Å². The number of nitrogens with zero attached hydrogens (tertiary/aromatic N) is 1. The Morgan fingerprint density at radius 1 is 1.03 bits per heavy atom. The molecule has 0 aliphatic carbocycles. The number of aryl methyl sites for hydroxylation is 1. The fourth-order valence-electron chi connectivity index (χ4n) is 3.86. The van der Waals surface area contributed by atoms with E-state index in [1.54, 1.807) is 19.2 Å². The fourth-order valence-corrected chi connectivity index (χ4v) is 5.30. The number of morpholine rings is 1. The predicted octanol–water partition coefficient (Wildman–Crippen LogP) is 3.92. The van der Waals surface area contributed by atoms with Crippen molar-refractivity contribution in [1.29, 1.82) is 0 Å². The number of methoxy groups -OCH3 is 1. The van der Waals surface area contributed by atoms with Gasteiger partial charge in [-0.05, 0) is 60.0 Å². The maximum Gasteiger partial charge on any atom is 0.243 e. The molecule has 0 bridgehead atoms. The van der Waals surface area contributed by atoms with Crippen LogP contribution in [0.15, 0.2) is 59.5 Å². The molecule has 0 radical (unpaired) electrons. The lowest BCUT2D eigenvalue weighted by Gasteiger charge is -2.26. The van der Waals surface area contributed by atoms with Gasteiger partial charge in [-0.2, -0.15) is 4.31 Å². The van der Waals surface area contributed by atoms with Gasteiger partial charge in [0.05, 0.1) is 31.1 Å². The summed E-state index contributed by atoms with van der Waals surface area (Å²) in [4.78, 5) is 13.2. The van der Waals surface area contributed by atoms with Crippen molar-refractivity contribution in [1.82, 2.24) is 4.31 Å². The molecule has 1 aliphatic rings. The first-order chi connectivity index (χ1) is 15.8. The Morgan fingerprint density at radius 3 is 2.45 bits per heavy atom. The smallest absolute Gasteiger partial charge is 0.243 e. The van der Waals surface area contributed by atoms with E-state index in [0.29, 0.717) is 32.0 Å². The summed E-state index contributed by atoms with van der Waals surface area (Å²) in [5.41, 5.74) is 2.16. The van der Waals surface area contributed by atoms with Crippen LogP contribution < -0.4 is 10.1 Å². The van der Waals surface area contributed by atoms with Gasteiger partial charge in [0.1, 0.15) is 5.75 Å². The number of ether oxygens (including phenoxy) is 2. The third-order valence-electron chi connectivity index (χ3n) is 6.04. The van der Waals surface area contributed by atoms with Crippen molar-refractivity contribution in [2.24, 2.45) is 0 Å². The van der Waals surface area contributed by atoms with Gasteiger partial charge < -0.3 is 14.8 Å². The van der Waals surface area contributed by atoms with Gasteiger partial charge in [-0.1, -0.05) is 30.3 Å². The topological polar surface area (TPSA) is 84.9 Å². The van der Waals surface area contributed by atoms with E-state index in [2.05, 4.69) is 5.32 Å². The van der Waals surface area contributed by atoms with E-state index >= 15 is 0 Å². The molecule has 174 valence electrons. The van der Waals surface area contributed by atoms with Gasteiger partial charge in [-0.15, -0.1) is 0 Å².